The van der Waals surface area contributed by atoms with Gasteiger partial charge in [0.25, 0.3) is 5.78 Å². The van der Waals surface area contributed by atoms with Crippen LogP contribution in [0.15, 0.2) is 24.5 Å². The highest BCUT2D eigenvalue weighted by atomic mass is 19.1. The van der Waals surface area contributed by atoms with E-state index in [9.17, 15) is 13.6 Å². The molecule has 152 valence electrons. The summed E-state index contributed by atoms with van der Waals surface area (Å²) in [5.41, 5.74) is 1.94. The van der Waals surface area contributed by atoms with Crippen LogP contribution in [0.1, 0.15) is 31.0 Å². The molecule has 29 heavy (non-hydrogen) atoms. The van der Waals surface area contributed by atoms with Crippen molar-refractivity contribution in [3.63, 3.8) is 0 Å². The predicted molar refractivity (Wildman–Crippen MR) is 105 cm³/mol. The first kappa shape index (κ1) is 19.2. The molecule has 1 aromatic carbocycles. The van der Waals surface area contributed by atoms with Gasteiger partial charge in [0.1, 0.15) is 23.8 Å². The highest BCUT2D eigenvalue weighted by Gasteiger charge is 2.29. The minimum absolute atomic E-state index is 0.0128. The van der Waals surface area contributed by atoms with Crippen LogP contribution in [0.3, 0.4) is 0 Å². The number of anilines is 2. The largest absolute Gasteiger partial charge is 0.355 e. The number of nitrogens with one attached hydrogen (secondary N) is 1. The number of amides is 1. The van der Waals surface area contributed by atoms with Crippen molar-refractivity contribution in [1.82, 2.24) is 19.6 Å². The Bertz CT molecular complexity index is 1070. The third kappa shape index (κ3) is 3.64. The van der Waals surface area contributed by atoms with E-state index in [1.165, 1.54) is 12.4 Å². The summed E-state index contributed by atoms with van der Waals surface area (Å²) in [6, 6.07) is 3.13. The maximum atomic E-state index is 13.9. The van der Waals surface area contributed by atoms with E-state index in [4.69, 9.17) is 0 Å². The summed E-state index contributed by atoms with van der Waals surface area (Å²) in [7, 11) is 0. The lowest BCUT2D eigenvalue weighted by molar-refractivity contribution is -0.120. The van der Waals surface area contributed by atoms with Gasteiger partial charge >= 0.3 is 0 Å². The molecule has 0 radical (unpaired) electrons. The second kappa shape index (κ2) is 7.73. The summed E-state index contributed by atoms with van der Waals surface area (Å²) < 4.78 is 28.7. The van der Waals surface area contributed by atoms with Gasteiger partial charge in [0, 0.05) is 30.4 Å². The van der Waals surface area contributed by atoms with Crippen LogP contribution in [-0.2, 0) is 11.2 Å². The number of rotatable bonds is 4. The molecule has 1 saturated heterocycles. The molecule has 0 bridgehead atoms. The Morgan fingerprint density at radius 2 is 2.17 bits per heavy atom. The van der Waals surface area contributed by atoms with Crippen molar-refractivity contribution in [2.75, 3.05) is 23.3 Å². The minimum Gasteiger partial charge on any atom is -0.355 e. The topological polar surface area (TPSA) is 75.4 Å². The fraction of sp³-hybridized carbons (Fsp3) is 0.400. The lowest BCUT2D eigenvalue weighted by Crippen LogP contribution is -2.42. The normalized spacial score (nSPS) is 17.0. The Hall–Kier alpha value is -3.10. The van der Waals surface area contributed by atoms with Gasteiger partial charge in [-0.15, -0.1) is 0 Å². The molecule has 1 amide bonds. The van der Waals surface area contributed by atoms with Gasteiger partial charge in [0.2, 0.25) is 5.91 Å². The fourth-order valence-corrected chi connectivity index (χ4v) is 3.92. The van der Waals surface area contributed by atoms with Gasteiger partial charge in [-0.05, 0) is 38.3 Å². The fourth-order valence-electron chi connectivity index (χ4n) is 3.92. The SMILES string of the molecule is CCc1c(C)nc2ncnn2c1N1CCC[C@@H](C(=O)Nc2ccc(F)cc2F)C1. The van der Waals surface area contributed by atoms with Gasteiger partial charge in [0.15, 0.2) is 0 Å². The average molecular weight is 400 g/mol. The zero-order valence-electron chi connectivity index (χ0n) is 16.3. The molecule has 0 spiro atoms. The first-order valence-electron chi connectivity index (χ1n) is 9.68. The summed E-state index contributed by atoms with van der Waals surface area (Å²) in [5, 5.41) is 6.91. The van der Waals surface area contributed by atoms with Crippen LogP contribution in [0.25, 0.3) is 5.78 Å². The van der Waals surface area contributed by atoms with E-state index in [2.05, 4.69) is 32.2 Å². The quantitative estimate of drug-likeness (QED) is 0.728. The number of nitrogens with zero attached hydrogens (tertiary/aromatic N) is 5. The van der Waals surface area contributed by atoms with Gasteiger partial charge < -0.3 is 10.2 Å². The van der Waals surface area contributed by atoms with Gasteiger partial charge in [-0.1, -0.05) is 6.92 Å². The van der Waals surface area contributed by atoms with E-state index in [-0.39, 0.29) is 17.5 Å². The first-order chi connectivity index (χ1) is 14.0. The van der Waals surface area contributed by atoms with Crippen LogP contribution in [0.4, 0.5) is 20.3 Å². The van der Waals surface area contributed by atoms with Crippen LogP contribution in [0, 0.1) is 24.5 Å². The number of aromatic nitrogens is 4. The summed E-state index contributed by atoms with van der Waals surface area (Å²) in [5.74, 6) is -0.647. The van der Waals surface area contributed by atoms with Gasteiger partial charge in [-0.2, -0.15) is 14.6 Å². The Morgan fingerprint density at radius 1 is 1.34 bits per heavy atom. The second-order valence-corrected chi connectivity index (χ2v) is 7.22. The minimum atomic E-state index is -0.784. The number of hydrogen-bond donors (Lipinski definition) is 1. The molecule has 2 aromatic heterocycles. The van der Waals surface area contributed by atoms with Crippen LogP contribution < -0.4 is 10.2 Å². The molecule has 1 atom stereocenters. The highest BCUT2D eigenvalue weighted by Crippen LogP contribution is 2.29. The van der Waals surface area contributed by atoms with E-state index in [1.807, 2.05) is 6.92 Å². The monoisotopic (exact) mass is 400 g/mol. The van der Waals surface area contributed by atoms with E-state index in [0.717, 1.165) is 48.6 Å². The molecular formula is C20H22F2N6O. The smallest absolute Gasteiger partial charge is 0.254 e. The Kier molecular flexibility index (Phi) is 5.12. The maximum Gasteiger partial charge on any atom is 0.254 e. The zero-order chi connectivity index (χ0) is 20.5. The predicted octanol–water partition coefficient (Wildman–Crippen LogP) is 3.13. The summed E-state index contributed by atoms with van der Waals surface area (Å²) in [6.07, 6.45) is 3.75. The van der Waals surface area contributed by atoms with Crippen molar-refractivity contribution in [2.24, 2.45) is 5.92 Å². The van der Waals surface area contributed by atoms with Crippen LogP contribution >= 0.6 is 0 Å². The number of aryl methyl sites for hydroxylation is 1. The van der Waals surface area contributed by atoms with Crippen LogP contribution in [-0.4, -0.2) is 38.6 Å². The Labute approximate surface area is 166 Å². The summed E-state index contributed by atoms with van der Waals surface area (Å²) in [4.78, 5) is 23.6. The molecule has 9 heteroatoms. The molecule has 3 aromatic rings. The van der Waals surface area contributed by atoms with Crippen molar-refractivity contribution in [3.8, 4) is 0 Å². The summed E-state index contributed by atoms with van der Waals surface area (Å²) >= 11 is 0. The number of hydrogen-bond acceptors (Lipinski definition) is 5. The summed E-state index contributed by atoms with van der Waals surface area (Å²) in [6.45, 7) is 5.25. The van der Waals surface area contributed by atoms with Crippen molar-refractivity contribution < 1.29 is 13.6 Å². The third-order valence-electron chi connectivity index (χ3n) is 5.34. The van der Waals surface area contributed by atoms with Crippen molar-refractivity contribution in [3.05, 3.63) is 47.4 Å². The average Bonchev–Trinajstić information content (AvgIpc) is 3.16. The van der Waals surface area contributed by atoms with E-state index >= 15 is 0 Å². The molecule has 1 aliphatic rings. The third-order valence-corrected chi connectivity index (χ3v) is 5.34. The number of benzene rings is 1. The second-order valence-electron chi connectivity index (χ2n) is 7.22. The molecule has 1 aliphatic heterocycles. The number of halogens is 2. The number of carbonyl (C=O) groups excluding carboxylic acids is 1. The van der Waals surface area contributed by atoms with Gasteiger partial charge in [-0.25, -0.2) is 13.8 Å². The van der Waals surface area contributed by atoms with Gasteiger partial charge in [-0.3, -0.25) is 4.79 Å². The lowest BCUT2D eigenvalue weighted by Gasteiger charge is -2.35. The molecule has 1 N–H and O–H groups in total. The maximum absolute atomic E-state index is 13.9. The zero-order valence-corrected chi connectivity index (χ0v) is 16.3. The molecule has 0 unspecified atom stereocenters. The first-order valence-corrected chi connectivity index (χ1v) is 9.68. The molecular weight excluding hydrogens is 378 g/mol. The number of carbonyl (C=O) groups is 1. The molecule has 0 aliphatic carbocycles. The Morgan fingerprint density at radius 3 is 2.93 bits per heavy atom. The van der Waals surface area contributed by atoms with E-state index < -0.39 is 11.6 Å². The lowest BCUT2D eigenvalue weighted by atomic mass is 9.96. The molecule has 4 rings (SSSR count). The number of piperidine rings is 1. The number of fused-ring (bicyclic) bond motifs is 1. The molecule has 3 heterocycles. The van der Waals surface area contributed by atoms with Gasteiger partial charge in [0.05, 0.1) is 11.6 Å². The molecule has 0 saturated carbocycles. The van der Waals surface area contributed by atoms with Crippen molar-refractivity contribution in [2.45, 2.75) is 33.1 Å². The van der Waals surface area contributed by atoms with E-state index in [0.29, 0.717) is 18.7 Å². The molecule has 7 nitrogen and oxygen atoms in total. The standard InChI is InChI=1S/C20H22F2N6O/c1-3-15-12(2)25-20-23-11-24-28(20)19(15)27-8-4-5-13(10-27)18(29)26-17-7-6-14(21)9-16(17)22/h6-7,9,11,13H,3-5,8,10H2,1-2H3,(H,26,29)/t13-/m1/s1. The molecule has 1 fully saturated rings. The van der Waals surface area contributed by atoms with E-state index in [1.54, 1.807) is 4.52 Å². The van der Waals surface area contributed by atoms with Crippen LogP contribution in [0.2, 0.25) is 0 Å². The Balaban J connectivity index is 1.60. The van der Waals surface area contributed by atoms with Crippen LogP contribution in [0.5, 0.6) is 0 Å². The van der Waals surface area contributed by atoms with Crippen molar-refractivity contribution >= 4 is 23.2 Å². The highest BCUT2D eigenvalue weighted by molar-refractivity contribution is 5.93. The van der Waals surface area contributed by atoms with Crippen molar-refractivity contribution in [1.29, 1.82) is 0 Å².